The summed E-state index contributed by atoms with van der Waals surface area (Å²) in [4.78, 5) is 23.7. The second-order valence-electron chi connectivity index (χ2n) is 10.3. The molecule has 0 aromatic heterocycles. The Bertz CT molecular complexity index is 1030. The lowest BCUT2D eigenvalue weighted by atomic mass is 9.85. The molecule has 32 heavy (non-hydrogen) atoms. The summed E-state index contributed by atoms with van der Waals surface area (Å²) in [5.41, 5.74) is 7.24. The lowest BCUT2D eigenvalue weighted by Crippen LogP contribution is -2.21. The zero-order valence-corrected chi connectivity index (χ0v) is 20.3. The molecular formula is C27H35NO4. The van der Waals surface area contributed by atoms with Crippen molar-refractivity contribution in [2.24, 2.45) is 5.41 Å². The highest BCUT2D eigenvalue weighted by Crippen LogP contribution is 2.47. The van der Waals surface area contributed by atoms with Crippen molar-refractivity contribution in [1.82, 2.24) is 0 Å². The number of hydrogen-bond donors (Lipinski definition) is 2. The van der Waals surface area contributed by atoms with E-state index in [0.717, 1.165) is 44.8 Å². The molecule has 5 nitrogen and oxygen atoms in total. The fraction of sp³-hybridized carbons (Fsp3) is 0.481. The van der Waals surface area contributed by atoms with Gasteiger partial charge in [-0.3, -0.25) is 9.59 Å². The van der Waals surface area contributed by atoms with E-state index in [4.69, 9.17) is 9.84 Å². The van der Waals surface area contributed by atoms with E-state index in [0.29, 0.717) is 13.0 Å². The van der Waals surface area contributed by atoms with E-state index in [-0.39, 0.29) is 29.6 Å². The van der Waals surface area contributed by atoms with Gasteiger partial charge < -0.3 is 15.2 Å². The van der Waals surface area contributed by atoms with Gasteiger partial charge in [-0.15, -0.1) is 0 Å². The number of aliphatic carboxylic acids is 1. The Kier molecular flexibility index (Phi) is 6.68. The van der Waals surface area contributed by atoms with Crippen LogP contribution in [-0.2, 0) is 9.59 Å². The van der Waals surface area contributed by atoms with Crippen LogP contribution >= 0.6 is 0 Å². The molecule has 0 spiro atoms. The topological polar surface area (TPSA) is 75.6 Å². The molecule has 1 amide bonds. The predicted octanol–water partition coefficient (Wildman–Crippen LogP) is 6.09. The summed E-state index contributed by atoms with van der Waals surface area (Å²) in [6.07, 6.45) is 0.571. The van der Waals surface area contributed by atoms with E-state index < -0.39 is 5.97 Å². The maximum absolute atomic E-state index is 12.7. The Labute approximate surface area is 191 Å². The number of carbonyl (C=O) groups excluding carboxylic acids is 1. The number of carbonyl (C=O) groups is 2. The molecule has 0 radical (unpaired) electrons. The molecule has 2 aromatic carbocycles. The summed E-state index contributed by atoms with van der Waals surface area (Å²) in [6, 6.07) is 8.18. The molecule has 1 heterocycles. The van der Waals surface area contributed by atoms with Crippen LogP contribution in [0.25, 0.3) is 0 Å². The van der Waals surface area contributed by atoms with E-state index in [9.17, 15) is 9.59 Å². The van der Waals surface area contributed by atoms with E-state index in [1.165, 1.54) is 0 Å². The molecule has 5 heteroatoms. The smallest absolute Gasteiger partial charge is 0.303 e. The summed E-state index contributed by atoms with van der Waals surface area (Å²) < 4.78 is 6.14. The zero-order valence-electron chi connectivity index (χ0n) is 20.3. The first-order chi connectivity index (χ1) is 14.9. The van der Waals surface area contributed by atoms with Gasteiger partial charge in [0.2, 0.25) is 5.91 Å². The normalized spacial score (nSPS) is 16.3. The molecule has 1 aliphatic heterocycles. The number of anilines is 1. The number of hydrogen-bond acceptors (Lipinski definition) is 3. The van der Waals surface area contributed by atoms with Crippen molar-refractivity contribution in [2.75, 3.05) is 11.9 Å². The molecule has 0 fully saturated rings. The SMILES string of the molecule is Cc1c(C)c2c(c(C)c1NC(=O)CC(C)(C)C)C(c1ccc(C(C)CC(=O)O)cc1)CO2. The van der Waals surface area contributed by atoms with E-state index in [1.54, 1.807) is 0 Å². The molecule has 2 unspecified atom stereocenters. The van der Waals surface area contributed by atoms with Gasteiger partial charge in [0, 0.05) is 23.6 Å². The van der Waals surface area contributed by atoms with Crippen molar-refractivity contribution in [3.63, 3.8) is 0 Å². The van der Waals surface area contributed by atoms with Crippen LogP contribution in [0.3, 0.4) is 0 Å². The van der Waals surface area contributed by atoms with Gasteiger partial charge in [-0.2, -0.15) is 0 Å². The summed E-state index contributed by atoms with van der Waals surface area (Å²) >= 11 is 0. The van der Waals surface area contributed by atoms with E-state index in [1.807, 2.05) is 32.9 Å². The average molecular weight is 438 g/mol. The number of benzene rings is 2. The minimum Gasteiger partial charge on any atom is -0.492 e. The highest BCUT2D eigenvalue weighted by Gasteiger charge is 2.32. The number of nitrogens with one attached hydrogen (secondary N) is 1. The molecule has 2 atom stereocenters. The second-order valence-corrected chi connectivity index (χ2v) is 10.3. The molecule has 2 N–H and O–H groups in total. The molecule has 0 saturated carbocycles. The minimum atomic E-state index is -0.790. The average Bonchev–Trinajstić information content (AvgIpc) is 3.13. The van der Waals surface area contributed by atoms with Crippen molar-refractivity contribution in [1.29, 1.82) is 0 Å². The van der Waals surface area contributed by atoms with Crippen molar-refractivity contribution in [3.05, 3.63) is 57.6 Å². The van der Waals surface area contributed by atoms with Crippen molar-refractivity contribution in [3.8, 4) is 5.75 Å². The Hall–Kier alpha value is -2.82. The van der Waals surface area contributed by atoms with Crippen LogP contribution in [-0.4, -0.2) is 23.6 Å². The van der Waals surface area contributed by atoms with Gasteiger partial charge in [0.1, 0.15) is 5.75 Å². The molecule has 172 valence electrons. The largest absolute Gasteiger partial charge is 0.492 e. The predicted molar refractivity (Wildman–Crippen MR) is 128 cm³/mol. The fourth-order valence-corrected chi connectivity index (χ4v) is 4.55. The molecular weight excluding hydrogens is 402 g/mol. The van der Waals surface area contributed by atoms with E-state index >= 15 is 0 Å². The van der Waals surface area contributed by atoms with Crippen LogP contribution in [0.2, 0.25) is 0 Å². The first kappa shape index (κ1) is 23.8. The van der Waals surface area contributed by atoms with Gasteiger partial charge in [-0.1, -0.05) is 52.0 Å². The highest BCUT2D eigenvalue weighted by molar-refractivity contribution is 5.93. The quantitative estimate of drug-likeness (QED) is 0.573. The Morgan fingerprint density at radius 2 is 1.72 bits per heavy atom. The van der Waals surface area contributed by atoms with Crippen molar-refractivity contribution >= 4 is 17.6 Å². The summed E-state index contributed by atoms with van der Waals surface area (Å²) in [7, 11) is 0. The van der Waals surface area contributed by atoms with Gasteiger partial charge in [-0.25, -0.2) is 0 Å². The van der Waals surface area contributed by atoms with Crippen molar-refractivity contribution < 1.29 is 19.4 Å². The molecule has 1 aliphatic rings. The molecule has 0 bridgehead atoms. The Morgan fingerprint density at radius 1 is 1.09 bits per heavy atom. The van der Waals surface area contributed by atoms with Gasteiger partial charge in [0.05, 0.1) is 13.0 Å². The van der Waals surface area contributed by atoms with Crippen LogP contribution in [0.1, 0.15) is 85.8 Å². The van der Waals surface area contributed by atoms with Crippen LogP contribution in [0.5, 0.6) is 5.75 Å². The lowest BCUT2D eigenvalue weighted by Gasteiger charge is -2.22. The van der Waals surface area contributed by atoms with Gasteiger partial charge in [0.25, 0.3) is 0 Å². The van der Waals surface area contributed by atoms with Crippen LogP contribution in [0.15, 0.2) is 24.3 Å². The number of carboxylic acids is 1. The Morgan fingerprint density at radius 3 is 2.28 bits per heavy atom. The minimum absolute atomic E-state index is 0.0234. The maximum Gasteiger partial charge on any atom is 0.303 e. The zero-order chi connectivity index (χ0) is 23.8. The lowest BCUT2D eigenvalue weighted by molar-refractivity contribution is -0.137. The number of rotatable bonds is 6. The summed E-state index contributed by atoms with van der Waals surface area (Å²) in [6.45, 7) is 14.8. The summed E-state index contributed by atoms with van der Waals surface area (Å²) in [5.74, 6) is 0.191. The standard InChI is InChI=1S/C27H35NO4/c1-15(12-23(30)31)19-8-10-20(11-9-19)21-14-32-26-17(3)16(2)25(18(4)24(21)26)28-22(29)13-27(5,6)7/h8-11,15,21H,12-14H2,1-7H3,(H,28,29)(H,30,31). The molecule has 0 saturated heterocycles. The van der Waals surface area contributed by atoms with Gasteiger partial charge in [-0.05, 0) is 59.9 Å². The third-order valence-electron chi connectivity index (χ3n) is 6.39. The Balaban J connectivity index is 1.94. The highest BCUT2D eigenvalue weighted by atomic mass is 16.5. The molecule has 0 aliphatic carbocycles. The first-order valence-electron chi connectivity index (χ1n) is 11.3. The number of amides is 1. The molecule has 2 aromatic rings. The van der Waals surface area contributed by atoms with Gasteiger partial charge in [0.15, 0.2) is 0 Å². The monoisotopic (exact) mass is 437 g/mol. The first-order valence-corrected chi connectivity index (χ1v) is 11.3. The fourth-order valence-electron chi connectivity index (χ4n) is 4.55. The van der Waals surface area contributed by atoms with E-state index in [2.05, 4.69) is 45.1 Å². The maximum atomic E-state index is 12.7. The number of fused-ring (bicyclic) bond motifs is 1. The van der Waals surface area contributed by atoms with Crippen LogP contribution in [0.4, 0.5) is 5.69 Å². The third kappa shape index (κ3) is 4.98. The second kappa shape index (κ2) is 8.97. The molecule has 3 rings (SSSR count). The van der Waals surface area contributed by atoms with Crippen molar-refractivity contribution in [2.45, 2.75) is 73.1 Å². The van der Waals surface area contributed by atoms with Crippen LogP contribution < -0.4 is 10.1 Å². The van der Waals surface area contributed by atoms with Gasteiger partial charge >= 0.3 is 5.97 Å². The third-order valence-corrected chi connectivity index (χ3v) is 6.39. The number of carboxylic acid groups (broad SMARTS) is 1. The summed E-state index contributed by atoms with van der Waals surface area (Å²) in [5, 5.41) is 12.2. The van der Waals surface area contributed by atoms with Crippen LogP contribution in [0, 0.1) is 26.2 Å². The number of ether oxygens (including phenoxy) is 1.